The van der Waals surface area contributed by atoms with Gasteiger partial charge in [-0.2, -0.15) is 0 Å². The Kier molecular flexibility index (Phi) is 15.4. The van der Waals surface area contributed by atoms with Crippen molar-refractivity contribution in [2.24, 2.45) is 0 Å². The molecule has 2 amide bonds. The highest BCUT2D eigenvalue weighted by Gasteiger charge is 2.18. The zero-order chi connectivity index (χ0) is 21.4. The lowest BCUT2D eigenvalue weighted by atomic mass is 10.1. The average molecular weight is 384 g/mol. The van der Waals surface area contributed by atoms with Gasteiger partial charge in [-0.1, -0.05) is 23.8 Å². The smallest absolute Gasteiger partial charge is 0.328 e. The Balaban J connectivity index is 0. The van der Waals surface area contributed by atoms with Gasteiger partial charge in [0, 0.05) is 13.8 Å². The number of methoxy groups -OCH3 is 2. The van der Waals surface area contributed by atoms with E-state index >= 15 is 0 Å². The first kappa shape index (κ1) is 26.6. The highest BCUT2D eigenvalue weighted by atomic mass is 16.5. The molecule has 0 saturated heterocycles. The third kappa shape index (κ3) is 15.3. The maximum atomic E-state index is 11.2. The van der Waals surface area contributed by atoms with Crippen LogP contribution in [0.15, 0.2) is 23.8 Å². The topological polar surface area (TPSA) is 111 Å². The van der Waals surface area contributed by atoms with Gasteiger partial charge in [-0.3, -0.25) is 9.59 Å². The Morgan fingerprint density at radius 3 is 1.52 bits per heavy atom. The van der Waals surface area contributed by atoms with Gasteiger partial charge >= 0.3 is 11.9 Å². The molecule has 0 aromatic heterocycles. The first-order chi connectivity index (χ1) is 12.6. The van der Waals surface area contributed by atoms with Gasteiger partial charge in [0.1, 0.15) is 12.1 Å². The highest BCUT2D eigenvalue weighted by Crippen LogP contribution is 2.00. The largest absolute Gasteiger partial charge is 0.467 e. The lowest BCUT2D eigenvalue weighted by molar-refractivity contribution is -0.145. The van der Waals surface area contributed by atoms with Gasteiger partial charge in [-0.25, -0.2) is 9.59 Å². The number of hydrogen-bond acceptors (Lipinski definition) is 6. The van der Waals surface area contributed by atoms with Crippen molar-refractivity contribution in [2.75, 3.05) is 14.2 Å². The summed E-state index contributed by atoms with van der Waals surface area (Å²) < 4.78 is 9.09. The minimum atomic E-state index is -0.576. The maximum Gasteiger partial charge on any atom is 0.328 e. The van der Waals surface area contributed by atoms with Crippen molar-refractivity contribution in [3.05, 3.63) is 23.8 Å². The fourth-order valence-corrected chi connectivity index (χ4v) is 1.83. The van der Waals surface area contributed by atoms with Crippen molar-refractivity contribution < 1.29 is 28.7 Å². The molecule has 0 unspecified atom stereocenters. The van der Waals surface area contributed by atoms with Crippen LogP contribution in [0.5, 0.6) is 0 Å². The molecule has 0 spiro atoms. The number of carbonyl (C=O) groups excluding carboxylic acids is 4. The molecule has 0 rings (SSSR count). The van der Waals surface area contributed by atoms with E-state index in [-0.39, 0.29) is 11.8 Å². The summed E-state index contributed by atoms with van der Waals surface area (Å²) in [6.45, 7) is 8.45. The summed E-state index contributed by atoms with van der Waals surface area (Å²) in [5.74, 6) is -1.31. The first-order valence-corrected chi connectivity index (χ1v) is 8.53. The van der Waals surface area contributed by atoms with Gasteiger partial charge in [0.25, 0.3) is 0 Å². The molecule has 0 aliphatic heterocycles. The predicted octanol–water partition coefficient (Wildman–Crippen LogP) is 1.65. The van der Waals surface area contributed by atoms with Crippen LogP contribution in [0.4, 0.5) is 0 Å². The molecule has 27 heavy (non-hydrogen) atoms. The quantitative estimate of drug-likeness (QED) is 0.486. The van der Waals surface area contributed by atoms with E-state index in [4.69, 9.17) is 0 Å². The van der Waals surface area contributed by atoms with E-state index in [1.165, 1.54) is 28.1 Å². The normalized spacial score (nSPS) is 12.0. The number of carbonyl (C=O) groups is 4. The van der Waals surface area contributed by atoms with Crippen LogP contribution < -0.4 is 10.6 Å². The summed E-state index contributed by atoms with van der Waals surface area (Å²) in [5.41, 5.74) is 1.10. The third-order valence-electron chi connectivity index (χ3n) is 3.10. The Morgan fingerprint density at radius 1 is 0.815 bits per heavy atom. The van der Waals surface area contributed by atoms with Crippen molar-refractivity contribution in [2.45, 2.75) is 59.5 Å². The molecule has 0 aromatic carbocycles. The second-order valence-electron chi connectivity index (χ2n) is 5.87. The van der Waals surface area contributed by atoms with Gasteiger partial charge in [-0.15, -0.1) is 0 Å². The molecule has 2 N–H and O–H groups in total. The van der Waals surface area contributed by atoms with Crippen LogP contribution in [-0.4, -0.2) is 50.1 Å². The van der Waals surface area contributed by atoms with Crippen LogP contribution >= 0.6 is 0 Å². The van der Waals surface area contributed by atoms with Crippen LogP contribution in [-0.2, 0) is 28.7 Å². The van der Waals surface area contributed by atoms with Crippen LogP contribution in [0.3, 0.4) is 0 Å². The number of amides is 2. The Labute approximate surface area is 161 Å². The van der Waals surface area contributed by atoms with Gasteiger partial charge < -0.3 is 20.1 Å². The van der Waals surface area contributed by atoms with E-state index in [1.807, 2.05) is 32.9 Å². The van der Waals surface area contributed by atoms with Gasteiger partial charge in [0.05, 0.1) is 14.2 Å². The maximum absolute atomic E-state index is 11.2. The molecule has 0 heterocycles. The minimum Gasteiger partial charge on any atom is -0.467 e. The van der Waals surface area contributed by atoms with Crippen molar-refractivity contribution in [1.29, 1.82) is 0 Å². The van der Waals surface area contributed by atoms with Crippen LogP contribution in [0.2, 0.25) is 0 Å². The molecule has 0 saturated carbocycles. The van der Waals surface area contributed by atoms with E-state index in [0.29, 0.717) is 12.8 Å². The molecule has 0 aliphatic rings. The molecule has 0 radical (unpaired) electrons. The monoisotopic (exact) mass is 384 g/mol. The van der Waals surface area contributed by atoms with Crippen molar-refractivity contribution >= 4 is 23.8 Å². The Bertz CT molecular complexity index is 550. The van der Waals surface area contributed by atoms with Crippen molar-refractivity contribution in [3.8, 4) is 0 Å². The second kappa shape index (κ2) is 15.6. The van der Waals surface area contributed by atoms with Crippen molar-refractivity contribution in [1.82, 2.24) is 10.6 Å². The van der Waals surface area contributed by atoms with Gasteiger partial charge in [0.15, 0.2) is 0 Å². The molecule has 154 valence electrons. The lowest BCUT2D eigenvalue weighted by Gasteiger charge is -2.13. The highest BCUT2D eigenvalue weighted by molar-refractivity contribution is 5.83. The fourth-order valence-electron chi connectivity index (χ4n) is 1.83. The molecule has 8 heteroatoms. The van der Waals surface area contributed by atoms with Crippen LogP contribution in [0.1, 0.15) is 47.5 Å². The molecule has 2 atom stereocenters. The number of rotatable bonds is 8. The molecule has 0 aliphatic carbocycles. The van der Waals surface area contributed by atoms with Crippen LogP contribution in [0.25, 0.3) is 0 Å². The molecule has 0 fully saturated rings. The zero-order valence-corrected chi connectivity index (χ0v) is 17.3. The average Bonchev–Trinajstić information content (AvgIpc) is 2.60. The molecule has 0 aromatic rings. The molecule has 8 nitrogen and oxygen atoms in total. The Hall–Kier alpha value is -2.64. The van der Waals surface area contributed by atoms with E-state index < -0.39 is 24.0 Å². The van der Waals surface area contributed by atoms with E-state index in [1.54, 1.807) is 6.08 Å². The van der Waals surface area contributed by atoms with E-state index in [2.05, 4.69) is 20.1 Å². The molecular formula is C19H32N2O6. The minimum absolute atomic E-state index is 0.234. The second-order valence-corrected chi connectivity index (χ2v) is 5.87. The summed E-state index contributed by atoms with van der Waals surface area (Å²) in [5, 5.41) is 5.03. The van der Waals surface area contributed by atoms with Crippen LogP contribution in [0, 0.1) is 0 Å². The number of hydrogen-bond donors (Lipinski definition) is 2. The van der Waals surface area contributed by atoms with Gasteiger partial charge in [-0.05, 0) is 33.6 Å². The summed E-state index contributed by atoms with van der Waals surface area (Å²) in [6, 6.07) is -1.15. The Morgan fingerprint density at radius 2 is 1.22 bits per heavy atom. The summed E-state index contributed by atoms with van der Waals surface area (Å²) in [6.07, 6.45) is 6.43. The number of allylic oxidation sites excluding steroid dienone is 2. The molecule has 0 bridgehead atoms. The van der Waals surface area contributed by atoms with E-state index in [9.17, 15) is 19.2 Å². The SMILES string of the molecule is CC=CC[C@H](NC(C)=O)C(=O)OC.COC(=O)[C@H](CC=C(C)C)NC(C)=O. The number of esters is 2. The van der Waals surface area contributed by atoms with E-state index in [0.717, 1.165) is 5.57 Å². The first-order valence-electron chi connectivity index (χ1n) is 8.53. The number of nitrogens with one attached hydrogen (secondary N) is 2. The third-order valence-corrected chi connectivity index (χ3v) is 3.10. The standard InChI is InChI=1S/C10H17NO3.C9H15NO3/c1-7(2)5-6-9(10(13)14-4)11-8(3)12;1-4-5-6-8(9(12)13-3)10-7(2)11/h5,9H,6H2,1-4H3,(H,11,12);4-5,8H,6H2,1-3H3,(H,10,11)/t9-;8-/m00/s1. The van der Waals surface area contributed by atoms with Crippen molar-refractivity contribution in [3.63, 3.8) is 0 Å². The molecular weight excluding hydrogens is 352 g/mol. The summed E-state index contributed by atoms with van der Waals surface area (Å²) in [7, 11) is 2.60. The fraction of sp³-hybridized carbons (Fsp3) is 0.579. The summed E-state index contributed by atoms with van der Waals surface area (Å²) >= 11 is 0. The number of ether oxygens (including phenoxy) is 2. The zero-order valence-electron chi connectivity index (χ0n) is 17.3. The van der Waals surface area contributed by atoms with Gasteiger partial charge in [0.2, 0.25) is 11.8 Å². The summed E-state index contributed by atoms with van der Waals surface area (Å²) in [4.78, 5) is 43.8. The lowest BCUT2D eigenvalue weighted by Crippen LogP contribution is -2.40. The predicted molar refractivity (Wildman–Crippen MR) is 103 cm³/mol.